The minimum atomic E-state index is -2.29. The van der Waals surface area contributed by atoms with Crippen LogP contribution in [0, 0.1) is 11.6 Å². The lowest BCUT2D eigenvalue weighted by molar-refractivity contribution is 0.0600. The molecule has 0 bridgehead atoms. The number of carbonyl (C=O) groups is 1. The molecule has 0 fully saturated rings. The van der Waals surface area contributed by atoms with E-state index in [4.69, 9.17) is 0 Å². The molecule has 0 aliphatic heterocycles. The van der Waals surface area contributed by atoms with Crippen LogP contribution in [0.4, 0.5) is 8.78 Å². The van der Waals surface area contributed by atoms with Crippen LogP contribution in [0.15, 0.2) is 36.5 Å². The molecule has 1 atom stereocenters. The average Bonchev–Trinajstić information content (AvgIpc) is 2.57. The number of hydrogen-bond donors (Lipinski definition) is 1. The monoisotopic (exact) mass is 370 g/mol. The van der Waals surface area contributed by atoms with Gasteiger partial charge in [0, 0.05) is 18.8 Å². The normalized spacial score (nSPS) is 12.2. The van der Waals surface area contributed by atoms with E-state index in [1.54, 1.807) is 0 Å². The molecular formula is C16H16F2N2O4S. The van der Waals surface area contributed by atoms with Gasteiger partial charge < -0.3 is 4.74 Å². The molecule has 25 heavy (non-hydrogen) atoms. The fourth-order valence-electron chi connectivity index (χ4n) is 2.16. The third-order valence-corrected chi connectivity index (χ3v) is 4.13. The van der Waals surface area contributed by atoms with Crippen LogP contribution >= 0.6 is 0 Å². The number of hydrogen-bond acceptors (Lipinski definition) is 4. The Morgan fingerprint density at radius 2 is 1.96 bits per heavy atom. The van der Waals surface area contributed by atoms with E-state index in [0.29, 0.717) is 11.3 Å². The highest BCUT2D eigenvalue weighted by Crippen LogP contribution is 2.11. The second kappa shape index (κ2) is 8.75. The minimum absolute atomic E-state index is 0.0301. The molecule has 9 heteroatoms. The van der Waals surface area contributed by atoms with E-state index < -0.39 is 28.9 Å². The smallest absolute Gasteiger partial charge is 0.339 e. The molecule has 1 unspecified atom stereocenters. The number of esters is 1. The molecule has 0 radical (unpaired) electrons. The van der Waals surface area contributed by atoms with Gasteiger partial charge in [0.2, 0.25) is 11.3 Å². The van der Waals surface area contributed by atoms with Crippen LogP contribution in [0.1, 0.15) is 21.6 Å². The van der Waals surface area contributed by atoms with Crippen molar-refractivity contribution in [3.63, 3.8) is 0 Å². The number of methoxy groups -OCH3 is 1. The van der Waals surface area contributed by atoms with Crippen molar-refractivity contribution in [2.45, 2.75) is 13.0 Å². The zero-order chi connectivity index (χ0) is 18.4. The highest BCUT2D eigenvalue weighted by atomic mass is 32.2. The summed E-state index contributed by atoms with van der Waals surface area (Å²) < 4.78 is 53.0. The largest absolute Gasteiger partial charge is 0.465 e. The topological polar surface area (TPSA) is 79.7 Å². The molecule has 6 nitrogen and oxygen atoms in total. The van der Waals surface area contributed by atoms with Crippen molar-refractivity contribution in [3.8, 4) is 0 Å². The second-order valence-corrected chi connectivity index (χ2v) is 6.13. The number of pyridine rings is 1. The number of ether oxygens (including phenoxy) is 1. The lowest BCUT2D eigenvalue weighted by Crippen LogP contribution is -2.28. The summed E-state index contributed by atoms with van der Waals surface area (Å²) in [7, 11) is 1.25. The standard InChI is InChI=1S/C16H16F2N2O4S/c1-24-16(21)12-2-3-15(19-9-12)10-20(25(22)23)5-4-11-6-13(17)8-14(18)7-11/h2-3,6-9H,4-5,10H2,1H3,(H,22,23). The lowest BCUT2D eigenvalue weighted by Gasteiger charge is -2.17. The first kappa shape index (κ1) is 19.1. The van der Waals surface area contributed by atoms with E-state index >= 15 is 0 Å². The van der Waals surface area contributed by atoms with Gasteiger partial charge in [-0.1, -0.05) is 0 Å². The van der Waals surface area contributed by atoms with Crippen molar-refractivity contribution in [1.29, 1.82) is 0 Å². The Balaban J connectivity index is 2.03. The van der Waals surface area contributed by atoms with Gasteiger partial charge in [-0.15, -0.1) is 0 Å². The maximum Gasteiger partial charge on any atom is 0.339 e. The van der Waals surface area contributed by atoms with Gasteiger partial charge in [0.05, 0.1) is 24.9 Å². The van der Waals surface area contributed by atoms with Crippen LogP contribution in [0.25, 0.3) is 0 Å². The van der Waals surface area contributed by atoms with E-state index in [9.17, 15) is 22.3 Å². The van der Waals surface area contributed by atoms with Crippen molar-refractivity contribution < 1.29 is 27.1 Å². The highest BCUT2D eigenvalue weighted by molar-refractivity contribution is 7.76. The molecule has 1 N–H and O–H groups in total. The van der Waals surface area contributed by atoms with Gasteiger partial charge in [-0.3, -0.25) is 9.54 Å². The zero-order valence-electron chi connectivity index (χ0n) is 13.3. The average molecular weight is 370 g/mol. The summed E-state index contributed by atoms with van der Waals surface area (Å²) in [6, 6.07) is 6.14. The summed E-state index contributed by atoms with van der Waals surface area (Å²) in [6.45, 7) is 0.120. The Morgan fingerprint density at radius 1 is 1.28 bits per heavy atom. The van der Waals surface area contributed by atoms with Crippen LogP contribution < -0.4 is 0 Å². The SMILES string of the molecule is COC(=O)c1ccc(CN(CCc2cc(F)cc(F)c2)S(=O)O)nc1. The summed E-state index contributed by atoms with van der Waals surface area (Å²) >= 11 is -2.29. The van der Waals surface area contributed by atoms with Crippen molar-refractivity contribution in [2.75, 3.05) is 13.7 Å². The first-order chi connectivity index (χ1) is 11.9. The Hall–Kier alpha value is -2.23. The molecule has 0 saturated heterocycles. The van der Waals surface area contributed by atoms with Crippen molar-refractivity contribution in [2.24, 2.45) is 0 Å². The van der Waals surface area contributed by atoms with E-state index in [1.807, 2.05) is 0 Å². The van der Waals surface area contributed by atoms with E-state index in [2.05, 4.69) is 9.72 Å². The van der Waals surface area contributed by atoms with Gasteiger partial charge in [0.15, 0.2) is 0 Å². The minimum Gasteiger partial charge on any atom is -0.465 e. The Bertz CT molecular complexity index is 751. The molecular weight excluding hydrogens is 354 g/mol. The van der Waals surface area contributed by atoms with Crippen LogP contribution in [0.5, 0.6) is 0 Å². The summed E-state index contributed by atoms with van der Waals surface area (Å²) in [5, 5.41) is 0. The number of carbonyl (C=O) groups excluding carboxylic acids is 1. The molecule has 0 aliphatic rings. The van der Waals surface area contributed by atoms with Crippen LogP contribution in [0.3, 0.4) is 0 Å². The van der Waals surface area contributed by atoms with Crippen LogP contribution in [-0.2, 0) is 29.0 Å². The summed E-state index contributed by atoms with van der Waals surface area (Å²) in [6.07, 6.45) is 1.49. The summed E-state index contributed by atoms with van der Waals surface area (Å²) in [4.78, 5) is 15.4. The lowest BCUT2D eigenvalue weighted by atomic mass is 10.1. The molecule has 1 aromatic carbocycles. The quantitative estimate of drug-likeness (QED) is 0.598. The Labute approximate surface area is 145 Å². The molecule has 0 saturated carbocycles. The zero-order valence-corrected chi connectivity index (χ0v) is 14.1. The van der Waals surface area contributed by atoms with Gasteiger partial charge in [-0.2, -0.15) is 4.31 Å². The van der Waals surface area contributed by atoms with Crippen LogP contribution in [-0.4, -0.2) is 37.7 Å². The fourth-order valence-corrected chi connectivity index (χ4v) is 2.65. The predicted octanol–water partition coefficient (Wildman–Crippen LogP) is 2.33. The predicted molar refractivity (Wildman–Crippen MR) is 86.8 cm³/mol. The molecule has 1 aromatic heterocycles. The number of halogens is 2. The molecule has 134 valence electrons. The summed E-state index contributed by atoms with van der Waals surface area (Å²) in [5.74, 6) is -1.94. The first-order valence-electron chi connectivity index (χ1n) is 7.23. The van der Waals surface area contributed by atoms with E-state index in [0.717, 1.165) is 6.07 Å². The van der Waals surface area contributed by atoms with Gasteiger partial charge in [-0.05, 0) is 36.2 Å². The number of rotatable bonds is 7. The molecule has 0 spiro atoms. The fraction of sp³-hybridized carbons (Fsp3) is 0.250. The maximum absolute atomic E-state index is 13.2. The van der Waals surface area contributed by atoms with E-state index in [-0.39, 0.29) is 25.1 Å². The molecule has 0 amide bonds. The third-order valence-electron chi connectivity index (χ3n) is 3.38. The number of nitrogens with zero attached hydrogens (tertiary/aromatic N) is 2. The van der Waals surface area contributed by atoms with Crippen molar-refractivity contribution in [3.05, 3.63) is 65.0 Å². The molecule has 1 heterocycles. The first-order valence-corrected chi connectivity index (χ1v) is 8.29. The van der Waals surface area contributed by atoms with Gasteiger partial charge >= 0.3 is 5.97 Å². The van der Waals surface area contributed by atoms with Gasteiger partial charge in [0.25, 0.3) is 0 Å². The molecule has 0 aliphatic carbocycles. The van der Waals surface area contributed by atoms with Gasteiger partial charge in [0.1, 0.15) is 11.6 Å². The van der Waals surface area contributed by atoms with Crippen molar-refractivity contribution in [1.82, 2.24) is 9.29 Å². The molecule has 2 rings (SSSR count). The number of aromatic nitrogens is 1. The highest BCUT2D eigenvalue weighted by Gasteiger charge is 2.14. The maximum atomic E-state index is 13.2. The second-order valence-electron chi connectivity index (χ2n) is 5.15. The Kier molecular flexibility index (Phi) is 6.68. The summed E-state index contributed by atoms with van der Waals surface area (Å²) in [5.41, 5.74) is 1.10. The number of benzene rings is 1. The molecule has 2 aromatic rings. The Morgan fingerprint density at radius 3 is 2.48 bits per heavy atom. The van der Waals surface area contributed by atoms with Crippen LogP contribution in [0.2, 0.25) is 0 Å². The van der Waals surface area contributed by atoms with Gasteiger partial charge in [-0.25, -0.2) is 17.8 Å². The van der Waals surface area contributed by atoms with E-state index in [1.165, 1.54) is 41.9 Å². The van der Waals surface area contributed by atoms with Crippen molar-refractivity contribution >= 4 is 17.2 Å². The third kappa shape index (κ3) is 5.66.